The first kappa shape index (κ1) is 17.8. The molecule has 0 saturated carbocycles. The first-order valence-corrected chi connectivity index (χ1v) is 7.84. The van der Waals surface area contributed by atoms with Crippen LogP contribution in [0.4, 0.5) is 0 Å². The minimum atomic E-state index is -1.20. The number of nitrogens with one attached hydrogen (secondary N) is 1. The molecule has 126 valence electrons. The minimum Gasteiger partial charge on any atom is -0.466 e. The van der Waals surface area contributed by atoms with Gasteiger partial charge in [-0.25, -0.2) is 0 Å². The van der Waals surface area contributed by atoms with Gasteiger partial charge >= 0.3 is 0 Å². The summed E-state index contributed by atoms with van der Waals surface area (Å²) in [6.45, 7) is 5.34. The molecule has 1 atom stereocenters. The molecule has 0 aliphatic rings. The summed E-state index contributed by atoms with van der Waals surface area (Å²) < 4.78 is 5.44. The third kappa shape index (κ3) is 4.24. The second kappa shape index (κ2) is 7.33. The summed E-state index contributed by atoms with van der Waals surface area (Å²) in [6.07, 6.45) is 0.450. The summed E-state index contributed by atoms with van der Waals surface area (Å²) >= 11 is 0. The monoisotopic (exact) mass is 326 g/mol. The van der Waals surface area contributed by atoms with E-state index in [9.17, 15) is 9.90 Å². The molecule has 5 nitrogen and oxygen atoms in total. The van der Waals surface area contributed by atoms with Gasteiger partial charge in [0.15, 0.2) is 0 Å². The summed E-state index contributed by atoms with van der Waals surface area (Å²) in [5.41, 5.74) is 1.14. The Morgan fingerprint density at radius 2 is 2.00 bits per heavy atom. The molecule has 1 unspecified atom stereocenters. The summed E-state index contributed by atoms with van der Waals surface area (Å²) in [5.74, 6) is 1.17. The number of nitrogens with zero attached hydrogens (tertiary/aromatic N) is 1. The van der Waals surface area contributed by atoms with Gasteiger partial charge in [-0.1, -0.05) is 24.3 Å². The maximum Gasteiger partial charge on any atom is 0.224 e. The molecule has 0 saturated heterocycles. The zero-order valence-electron chi connectivity index (χ0n) is 14.2. The molecule has 2 aromatic rings. The molecule has 2 rings (SSSR count). The normalized spacial score (nSPS) is 13.1. The lowest BCUT2D eigenvalue weighted by molar-refractivity contribution is -0.121. The fourth-order valence-corrected chi connectivity index (χ4v) is 2.75. The first-order chi connectivity index (χ1) is 11.3. The molecule has 1 amide bonds. The predicted molar refractivity (Wildman–Crippen MR) is 90.2 cm³/mol. The van der Waals surface area contributed by atoms with Crippen molar-refractivity contribution in [1.82, 2.24) is 5.32 Å². The lowest BCUT2D eigenvalue weighted by Gasteiger charge is -2.23. The summed E-state index contributed by atoms with van der Waals surface area (Å²) in [4.78, 5) is 12.2. The Bertz CT molecular complexity index is 769. The highest BCUT2D eigenvalue weighted by Crippen LogP contribution is 2.26. The van der Waals surface area contributed by atoms with E-state index in [2.05, 4.69) is 11.4 Å². The number of furan rings is 1. The third-order valence-corrected chi connectivity index (χ3v) is 3.99. The Hall–Kier alpha value is -2.58. The zero-order chi connectivity index (χ0) is 17.7. The van der Waals surface area contributed by atoms with Crippen LogP contribution >= 0.6 is 0 Å². The molecular formula is C19H22N2O3. The maximum absolute atomic E-state index is 12.2. The molecule has 1 aromatic heterocycles. The van der Waals surface area contributed by atoms with Crippen molar-refractivity contribution in [3.8, 4) is 6.07 Å². The van der Waals surface area contributed by atoms with Crippen LogP contribution in [0.25, 0.3) is 0 Å². The van der Waals surface area contributed by atoms with Crippen LogP contribution in [0, 0.1) is 25.2 Å². The lowest BCUT2D eigenvalue weighted by Crippen LogP contribution is -2.39. The lowest BCUT2D eigenvalue weighted by atomic mass is 9.96. The standard InChI is InChI=1S/C19H22N2O3/c1-13-10-17(14(2)24-13)19(3,23)12-21-18(22)11-16-7-5-4-6-15(16)8-9-20/h4-7,10,23H,8,11-12H2,1-3H3,(H,21,22). The van der Waals surface area contributed by atoms with E-state index in [1.54, 1.807) is 19.9 Å². The number of aryl methyl sites for hydroxylation is 2. The summed E-state index contributed by atoms with van der Waals surface area (Å²) in [6, 6.07) is 11.3. The highest BCUT2D eigenvalue weighted by Gasteiger charge is 2.28. The van der Waals surface area contributed by atoms with E-state index >= 15 is 0 Å². The van der Waals surface area contributed by atoms with Crippen LogP contribution in [0.15, 0.2) is 34.7 Å². The Morgan fingerprint density at radius 3 is 2.58 bits per heavy atom. The number of benzene rings is 1. The van der Waals surface area contributed by atoms with E-state index in [0.29, 0.717) is 11.3 Å². The number of aliphatic hydroxyl groups is 1. The number of hydrogen-bond acceptors (Lipinski definition) is 4. The molecule has 1 heterocycles. The number of amides is 1. The van der Waals surface area contributed by atoms with Crippen LogP contribution in [0.2, 0.25) is 0 Å². The molecular weight excluding hydrogens is 304 g/mol. The van der Waals surface area contributed by atoms with E-state index in [-0.39, 0.29) is 25.3 Å². The van der Waals surface area contributed by atoms with Gasteiger partial charge in [0.2, 0.25) is 5.91 Å². The van der Waals surface area contributed by atoms with E-state index < -0.39 is 5.60 Å². The third-order valence-electron chi connectivity index (χ3n) is 3.99. The summed E-state index contributed by atoms with van der Waals surface area (Å²) in [7, 11) is 0. The Morgan fingerprint density at radius 1 is 1.33 bits per heavy atom. The van der Waals surface area contributed by atoms with Crippen molar-refractivity contribution >= 4 is 5.91 Å². The van der Waals surface area contributed by atoms with Crippen molar-refractivity contribution in [2.24, 2.45) is 0 Å². The molecule has 0 aliphatic carbocycles. The van der Waals surface area contributed by atoms with E-state index in [1.165, 1.54) is 0 Å². The van der Waals surface area contributed by atoms with Gasteiger partial charge in [-0.3, -0.25) is 4.79 Å². The Kier molecular flexibility index (Phi) is 5.42. The number of rotatable bonds is 6. The predicted octanol–water partition coefficient (Wildman–Crippen LogP) is 2.53. The van der Waals surface area contributed by atoms with Crippen molar-refractivity contribution in [3.63, 3.8) is 0 Å². The molecule has 5 heteroatoms. The van der Waals surface area contributed by atoms with Gasteiger partial charge in [-0.05, 0) is 38.0 Å². The van der Waals surface area contributed by atoms with E-state index in [0.717, 1.165) is 16.9 Å². The van der Waals surface area contributed by atoms with Crippen LogP contribution in [-0.4, -0.2) is 17.6 Å². The van der Waals surface area contributed by atoms with Crippen LogP contribution in [-0.2, 0) is 23.2 Å². The quantitative estimate of drug-likeness (QED) is 0.854. The van der Waals surface area contributed by atoms with Crippen molar-refractivity contribution in [1.29, 1.82) is 5.26 Å². The Balaban J connectivity index is 2.01. The van der Waals surface area contributed by atoms with Gasteiger partial charge in [0.25, 0.3) is 0 Å². The van der Waals surface area contributed by atoms with Gasteiger partial charge in [0, 0.05) is 5.56 Å². The fraction of sp³-hybridized carbons (Fsp3) is 0.368. The largest absolute Gasteiger partial charge is 0.466 e. The van der Waals surface area contributed by atoms with Gasteiger partial charge in [-0.2, -0.15) is 5.26 Å². The average Bonchev–Trinajstić information content (AvgIpc) is 2.87. The van der Waals surface area contributed by atoms with Crippen molar-refractivity contribution in [3.05, 3.63) is 58.5 Å². The van der Waals surface area contributed by atoms with Crippen LogP contribution in [0.5, 0.6) is 0 Å². The number of carbonyl (C=O) groups excluding carboxylic acids is 1. The van der Waals surface area contributed by atoms with Crippen molar-refractivity contribution in [2.45, 2.75) is 39.2 Å². The zero-order valence-corrected chi connectivity index (χ0v) is 14.2. The molecule has 0 bridgehead atoms. The van der Waals surface area contributed by atoms with Crippen molar-refractivity contribution in [2.75, 3.05) is 6.54 Å². The highest BCUT2D eigenvalue weighted by atomic mass is 16.3. The number of carbonyl (C=O) groups is 1. The molecule has 0 aliphatic heterocycles. The number of hydrogen-bond donors (Lipinski definition) is 2. The van der Waals surface area contributed by atoms with Gasteiger partial charge < -0.3 is 14.8 Å². The smallest absolute Gasteiger partial charge is 0.224 e. The molecule has 2 N–H and O–H groups in total. The molecule has 1 aromatic carbocycles. The second-order valence-electron chi connectivity index (χ2n) is 6.16. The Labute approximate surface area is 141 Å². The van der Waals surface area contributed by atoms with Gasteiger partial charge in [0.1, 0.15) is 17.1 Å². The van der Waals surface area contributed by atoms with Crippen LogP contribution in [0.1, 0.15) is 35.1 Å². The number of nitriles is 1. The topological polar surface area (TPSA) is 86.3 Å². The first-order valence-electron chi connectivity index (χ1n) is 7.84. The van der Waals surface area contributed by atoms with E-state index in [4.69, 9.17) is 9.68 Å². The average molecular weight is 326 g/mol. The van der Waals surface area contributed by atoms with Crippen LogP contribution in [0.3, 0.4) is 0 Å². The van der Waals surface area contributed by atoms with Gasteiger partial charge in [0.05, 0.1) is 25.5 Å². The highest BCUT2D eigenvalue weighted by molar-refractivity contribution is 5.79. The maximum atomic E-state index is 12.2. The minimum absolute atomic E-state index is 0.0893. The molecule has 0 fully saturated rings. The van der Waals surface area contributed by atoms with Gasteiger partial charge in [-0.15, -0.1) is 0 Å². The molecule has 24 heavy (non-hydrogen) atoms. The molecule has 0 radical (unpaired) electrons. The molecule has 0 spiro atoms. The second-order valence-corrected chi connectivity index (χ2v) is 6.16. The van der Waals surface area contributed by atoms with E-state index in [1.807, 2.05) is 31.2 Å². The van der Waals surface area contributed by atoms with Crippen LogP contribution < -0.4 is 5.32 Å². The SMILES string of the molecule is Cc1cc(C(C)(O)CNC(=O)Cc2ccccc2CC#N)c(C)o1. The fourth-order valence-electron chi connectivity index (χ4n) is 2.75. The summed E-state index contributed by atoms with van der Waals surface area (Å²) in [5, 5.41) is 22.2. The van der Waals surface area contributed by atoms with Crippen molar-refractivity contribution < 1.29 is 14.3 Å².